The van der Waals surface area contributed by atoms with Gasteiger partial charge in [-0.05, 0) is 37.2 Å². The van der Waals surface area contributed by atoms with Crippen molar-refractivity contribution < 1.29 is 14.7 Å². The van der Waals surface area contributed by atoms with Crippen LogP contribution in [0.15, 0.2) is 30.3 Å². The molecular formula is C13H12N2O3S. The highest BCUT2D eigenvalue weighted by molar-refractivity contribution is 7.80. The van der Waals surface area contributed by atoms with Gasteiger partial charge in [0.15, 0.2) is 5.11 Å². The van der Waals surface area contributed by atoms with Gasteiger partial charge in [0.05, 0.1) is 5.69 Å². The molecule has 6 heteroatoms. The fourth-order valence-corrected chi connectivity index (χ4v) is 3.19. The van der Waals surface area contributed by atoms with E-state index < -0.39 is 18.1 Å². The SMILES string of the molecule is O=C(O)[C@H]1CC[C@@H]2C(=O)N(c3ccccc3)C(=S)N12. The number of hydrogen-bond donors (Lipinski definition) is 1. The lowest BCUT2D eigenvalue weighted by molar-refractivity contribution is -0.141. The maximum absolute atomic E-state index is 12.4. The van der Waals surface area contributed by atoms with Crippen LogP contribution < -0.4 is 4.90 Å². The summed E-state index contributed by atoms with van der Waals surface area (Å²) in [6.45, 7) is 0. The summed E-state index contributed by atoms with van der Waals surface area (Å²) < 4.78 is 0. The largest absolute Gasteiger partial charge is 0.480 e. The van der Waals surface area contributed by atoms with Gasteiger partial charge in [0, 0.05) is 0 Å². The summed E-state index contributed by atoms with van der Waals surface area (Å²) in [4.78, 5) is 26.6. The number of rotatable bonds is 2. The first-order valence-electron chi connectivity index (χ1n) is 6.05. The summed E-state index contributed by atoms with van der Waals surface area (Å²) in [6.07, 6.45) is 1.01. The molecule has 0 aliphatic carbocycles. The maximum Gasteiger partial charge on any atom is 0.326 e. The second-order valence-electron chi connectivity index (χ2n) is 4.65. The molecule has 2 fully saturated rings. The number of carbonyl (C=O) groups is 2. The zero-order valence-corrected chi connectivity index (χ0v) is 10.8. The number of thiocarbonyl (C=S) groups is 1. The van der Waals surface area contributed by atoms with Crippen LogP contribution in [0.4, 0.5) is 5.69 Å². The van der Waals surface area contributed by atoms with Crippen molar-refractivity contribution in [1.82, 2.24) is 4.90 Å². The third-order valence-electron chi connectivity index (χ3n) is 3.60. The molecule has 0 saturated carbocycles. The minimum absolute atomic E-state index is 0.125. The van der Waals surface area contributed by atoms with Gasteiger partial charge in [0.2, 0.25) is 0 Å². The van der Waals surface area contributed by atoms with Crippen molar-refractivity contribution in [2.45, 2.75) is 24.9 Å². The predicted octanol–water partition coefficient (Wildman–Crippen LogP) is 1.24. The van der Waals surface area contributed by atoms with Crippen LogP contribution in [0.5, 0.6) is 0 Å². The van der Waals surface area contributed by atoms with E-state index in [1.807, 2.05) is 18.2 Å². The lowest BCUT2D eigenvalue weighted by Crippen LogP contribution is -2.42. The first kappa shape index (κ1) is 12.1. The molecule has 1 aromatic carbocycles. The van der Waals surface area contributed by atoms with Crippen molar-refractivity contribution in [3.63, 3.8) is 0 Å². The lowest BCUT2D eigenvalue weighted by atomic mass is 10.1. The number of carbonyl (C=O) groups excluding carboxylic acids is 1. The third kappa shape index (κ3) is 1.71. The summed E-state index contributed by atoms with van der Waals surface area (Å²) in [5.41, 5.74) is 0.691. The van der Waals surface area contributed by atoms with Crippen molar-refractivity contribution in [1.29, 1.82) is 0 Å². The Hall–Kier alpha value is -1.95. The van der Waals surface area contributed by atoms with E-state index in [4.69, 9.17) is 12.2 Å². The van der Waals surface area contributed by atoms with Gasteiger partial charge in [0.1, 0.15) is 12.1 Å². The maximum atomic E-state index is 12.4. The molecule has 0 unspecified atom stereocenters. The number of anilines is 1. The van der Waals surface area contributed by atoms with Gasteiger partial charge in [-0.15, -0.1) is 0 Å². The number of amides is 1. The van der Waals surface area contributed by atoms with Crippen molar-refractivity contribution >= 4 is 34.9 Å². The molecule has 0 radical (unpaired) electrons. The minimum atomic E-state index is -0.924. The summed E-state index contributed by atoms with van der Waals surface area (Å²) in [7, 11) is 0. The van der Waals surface area contributed by atoms with Crippen LogP contribution in [0.3, 0.4) is 0 Å². The molecule has 0 spiro atoms. The Morgan fingerprint density at radius 1 is 1.26 bits per heavy atom. The zero-order chi connectivity index (χ0) is 13.6. The highest BCUT2D eigenvalue weighted by atomic mass is 32.1. The van der Waals surface area contributed by atoms with Crippen LogP contribution in [-0.2, 0) is 9.59 Å². The molecule has 3 rings (SSSR count). The van der Waals surface area contributed by atoms with Crippen LogP contribution >= 0.6 is 12.2 Å². The molecule has 5 nitrogen and oxygen atoms in total. The van der Waals surface area contributed by atoms with Crippen LogP contribution in [0.1, 0.15) is 12.8 Å². The van der Waals surface area contributed by atoms with Gasteiger partial charge in [0.25, 0.3) is 5.91 Å². The van der Waals surface area contributed by atoms with E-state index in [-0.39, 0.29) is 5.91 Å². The Kier molecular flexibility index (Phi) is 2.74. The summed E-state index contributed by atoms with van der Waals surface area (Å²) in [5, 5.41) is 9.49. The van der Waals surface area contributed by atoms with Gasteiger partial charge < -0.3 is 10.0 Å². The molecule has 1 N–H and O–H groups in total. The van der Waals surface area contributed by atoms with Gasteiger partial charge >= 0.3 is 5.97 Å². The van der Waals surface area contributed by atoms with Gasteiger partial charge in [-0.25, -0.2) is 4.79 Å². The molecule has 1 amide bonds. The Balaban J connectivity index is 1.97. The Labute approximate surface area is 115 Å². The molecule has 2 atom stereocenters. The molecule has 2 aliphatic heterocycles. The second kappa shape index (κ2) is 4.31. The number of aliphatic carboxylic acids is 1. The average molecular weight is 276 g/mol. The molecule has 98 valence electrons. The molecular weight excluding hydrogens is 264 g/mol. The van der Waals surface area contributed by atoms with Crippen molar-refractivity contribution in [3.8, 4) is 0 Å². The third-order valence-corrected chi connectivity index (χ3v) is 4.00. The molecule has 2 heterocycles. The molecule has 0 bridgehead atoms. The number of carboxylic acid groups (broad SMARTS) is 1. The number of nitrogens with zero attached hydrogens (tertiary/aromatic N) is 2. The highest BCUT2D eigenvalue weighted by Crippen LogP contribution is 2.35. The molecule has 19 heavy (non-hydrogen) atoms. The summed E-state index contributed by atoms with van der Waals surface area (Å²) in [5.74, 6) is -1.05. The predicted molar refractivity (Wildman–Crippen MR) is 72.8 cm³/mol. The number of fused-ring (bicyclic) bond motifs is 1. The standard InChI is InChI=1S/C13H12N2O3S/c16-11-9-6-7-10(12(17)18)15(9)13(19)14(11)8-4-2-1-3-5-8/h1-5,9-10H,6-7H2,(H,17,18)/t9-,10-/m1/s1. The lowest BCUT2D eigenvalue weighted by Gasteiger charge is -2.23. The van der Waals surface area contributed by atoms with E-state index in [1.54, 1.807) is 17.0 Å². The second-order valence-corrected chi connectivity index (χ2v) is 5.01. The highest BCUT2D eigenvalue weighted by Gasteiger charge is 2.51. The monoisotopic (exact) mass is 276 g/mol. The average Bonchev–Trinajstić information content (AvgIpc) is 2.93. The molecule has 1 aromatic rings. The zero-order valence-electron chi connectivity index (χ0n) is 10.0. The number of benzene rings is 1. The van der Waals surface area contributed by atoms with E-state index in [0.717, 1.165) is 0 Å². The van der Waals surface area contributed by atoms with Crippen LogP contribution in [-0.4, -0.2) is 39.1 Å². The van der Waals surface area contributed by atoms with E-state index in [1.165, 1.54) is 4.90 Å². The number of hydrogen-bond acceptors (Lipinski definition) is 3. The first-order chi connectivity index (χ1) is 9.11. The minimum Gasteiger partial charge on any atom is -0.480 e. The fourth-order valence-electron chi connectivity index (χ4n) is 2.74. The fraction of sp³-hybridized carbons (Fsp3) is 0.308. The van der Waals surface area contributed by atoms with E-state index in [0.29, 0.717) is 23.6 Å². The molecule has 2 aliphatic rings. The van der Waals surface area contributed by atoms with Crippen LogP contribution in [0, 0.1) is 0 Å². The Morgan fingerprint density at radius 3 is 2.58 bits per heavy atom. The van der Waals surface area contributed by atoms with Crippen LogP contribution in [0.25, 0.3) is 0 Å². The summed E-state index contributed by atoms with van der Waals surface area (Å²) >= 11 is 5.30. The number of carboxylic acids is 1. The number of para-hydroxylation sites is 1. The molecule has 0 aromatic heterocycles. The Morgan fingerprint density at radius 2 is 1.95 bits per heavy atom. The van der Waals surface area contributed by atoms with Gasteiger partial charge in [-0.3, -0.25) is 9.69 Å². The van der Waals surface area contributed by atoms with Crippen molar-refractivity contribution in [3.05, 3.63) is 30.3 Å². The van der Waals surface area contributed by atoms with E-state index in [9.17, 15) is 14.7 Å². The quantitative estimate of drug-likeness (QED) is 0.823. The van der Waals surface area contributed by atoms with Crippen molar-refractivity contribution in [2.24, 2.45) is 0 Å². The summed E-state index contributed by atoms with van der Waals surface area (Å²) in [6, 6.07) is 7.98. The van der Waals surface area contributed by atoms with Crippen LogP contribution in [0.2, 0.25) is 0 Å². The molecule has 2 saturated heterocycles. The first-order valence-corrected chi connectivity index (χ1v) is 6.46. The van der Waals surface area contributed by atoms with Crippen molar-refractivity contribution in [2.75, 3.05) is 4.90 Å². The smallest absolute Gasteiger partial charge is 0.326 e. The van der Waals surface area contributed by atoms with Gasteiger partial charge in [-0.2, -0.15) is 0 Å². The van der Waals surface area contributed by atoms with E-state index in [2.05, 4.69) is 0 Å². The van der Waals surface area contributed by atoms with E-state index >= 15 is 0 Å². The van der Waals surface area contributed by atoms with Gasteiger partial charge in [-0.1, -0.05) is 18.2 Å². The topological polar surface area (TPSA) is 60.9 Å². The normalized spacial score (nSPS) is 25.9. The Bertz CT molecular complexity index is 560.